The second-order valence-electron chi connectivity index (χ2n) is 8.36. The Bertz CT molecular complexity index is 1380. The SMILES string of the molecule is COc1ccccc1[C@@H](CNC(=O)c1cccc2c(=O)c(C)c(-c3ccccc3)oc12)N(C)C. The van der Waals surface area contributed by atoms with Crippen molar-refractivity contribution >= 4 is 16.9 Å². The molecule has 0 saturated heterocycles. The molecule has 0 radical (unpaired) electrons. The van der Waals surface area contributed by atoms with E-state index in [1.807, 2.05) is 73.6 Å². The lowest BCUT2D eigenvalue weighted by molar-refractivity contribution is 0.0942. The standard InChI is InChI=1S/C28H28N2O4/c1-18-25(31)21-14-10-15-22(27(21)34-26(18)19-11-6-5-7-12-19)28(32)29-17-23(30(2)3)20-13-8-9-16-24(20)33-4/h5-16,23H,17H2,1-4H3,(H,29,32)/t23-/m1/s1. The summed E-state index contributed by atoms with van der Waals surface area (Å²) in [6, 6.07) is 22.2. The number of likely N-dealkylation sites (N-methyl/N-ethyl adjacent to an activating group) is 1. The molecule has 6 heteroatoms. The van der Waals surface area contributed by atoms with Gasteiger partial charge in [-0.3, -0.25) is 9.59 Å². The van der Waals surface area contributed by atoms with Crippen molar-refractivity contribution in [3.63, 3.8) is 0 Å². The molecule has 1 amide bonds. The van der Waals surface area contributed by atoms with E-state index in [1.165, 1.54) is 0 Å². The number of hydrogen-bond acceptors (Lipinski definition) is 5. The van der Waals surface area contributed by atoms with Crippen LogP contribution in [0.4, 0.5) is 0 Å². The summed E-state index contributed by atoms with van der Waals surface area (Å²) in [5.41, 5.74) is 2.74. The van der Waals surface area contributed by atoms with Crippen LogP contribution >= 0.6 is 0 Å². The summed E-state index contributed by atoms with van der Waals surface area (Å²) >= 11 is 0. The molecule has 3 aromatic carbocycles. The van der Waals surface area contributed by atoms with E-state index in [0.717, 1.165) is 16.9 Å². The molecule has 1 aromatic heterocycles. The molecular formula is C28H28N2O4. The number of fused-ring (bicyclic) bond motifs is 1. The number of rotatable bonds is 7. The molecule has 1 atom stereocenters. The highest BCUT2D eigenvalue weighted by molar-refractivity contribution is 6.05. The first kappa shape index (κ1) is 23.3. The summed E-state index contributed by atoms with van der Waals surface area (Å²) in [5, 5.41) is 3.41. The number of carbonyl (C=O) groups excluding carboxylic acids is 1. The predicted octanol–water partition coefficient (Wildman–Crippen LogP) is 4.81. The summed E-state index contributed by atoms with van der Waals surface area (Å²) in [7, 11) is 5.54. The second kappa shape index (κ2) is 9.93. The number of hydrogen-bond donors (Lipinski definition) is 1. The first-order chi connectivity index (χ1) is 16.4. The molecule has 0 saturated carbocycles. The van der Waals surface area contributed by atoms with Crippen molar-refractivity contribution in [2.45, 2.75) is 13.0 Å². The van der Waals surface area contributed by atoms with Gasteiger partial charge >= 0.3 is 0 Å². The summed E-state index contributed by atoms with van der Waals surface area (Å²) in [6.07, 6.45) is 0. The van der Waals surface area contributed by atoms with Crippen LogP contribution in [0.5, 0.6) is 5.75 Å². The van der Waals surface area contributed by atoms with Crippen molar-refractivity contribution in [1.29, 1.82) is 0 Å². The van der Waals surface area contributed by atoms with E-state index in [-0.39, 0.29) is 23.0 Å². The smallest absolute Gasteiger partial charge is 0.255 e. The minimum atomic E-state index is -0.307. The Morgan fingerprint density at radius 2 is 1.71 bits per heavy atom. The summed E-state index contributed by atoms with van der Waals surface area (Å²) in [4.78, 5) is 28.4. The van der Waals surface area contributed by atoms with Gasteiger partial charge in [0.2, 0.25) is 0 Å². The van der Waals surface area contributed by atoms with Crippen molar-refractivity contribution in [2.75, 3.05) is 27.7 Å². The number of ether oxygens (including phenoxy) is 1. The monoisotopic (exact) mass is 456 g/mol. The quantitative estimate of drug-likeness (QED) is 0.432. The van der Waals surface area contributed by atoms with Crippen LogP contribution < -0.4 is 15.5 Å². The summed E-state index contributed by atoms with van der Waals surface area (Å²) < 4.78 is 11.7. The Labute approximate surface area is 198 Å². The lowest BCUT2D eigenvalue weighted by Gasteiger charge is -2.26. The van der Waals surface area contributed by atoms with Gasteiger partial charge in [-0.25, -0.2) is 0 Å². The molecule has 6 nitrogen and oxygen atoms in total. The van der Waals surface area contributed by atoms with Gasteiger partial charge in [0.15, 0.2) is 11.0 Å². The second-order valence-corrected chi connectivity index (χ2v) is 8.36. The lowest BCUT2D eigenvalue weighted by Crippen LogP contribution is -2.35. The minimum Gasteiger partial charge on any atom is -0.496 e. The van der Waals surface area contributed by atoms with E-state index in [2.05, 4.69) is 5.32 Å². The molecule has 0 fully saturated rings. The van der Waals surface area contributed by atoms with E-state index >= 15 is 0 Å². The number of para-hydroxylation sites is 2. The molecule has 34 heavy (non-hydrogen) atoms. The summed E-state index contributed by atoms with van der Waals surface area (Å²) in [6.45, 7) is 2.10. The molecule has 4 aromatic rings. The highest BCUT2D eigenvalue weighted by Crippen LogP contribution is 2.29. The normalized spacial score (nSPS) is 12.0. The fourth-order valence-corrected chi connectivity index (χ4v) is 4.15. The Morgan fingerprint density at radius 3 is 2.41 bits per heavy atom. The van der Waals surface area contributed by atoms with E-state index in [0.29, 0.717) is 28.8 Å². The van der Waals surface area contributed by atoms with Crippen LogP contribution in [0.3, 0.4) is 0 Å². The molecular weight excluding hydrogens is 428 g/mol. The Kier molecular flexibility index (Phi) is 6.80. The topological polar surface area (TPSA) is 71.8 Å². The molecule has 0 spiro atoms. The van der Waals surface area contributed by atoms with Crippen LogP contribution in [0.25, 0.3) is 22.3 Å². The van der Waals surface area contributed by atoms with Gasteiger partial charge in [0.1, 0.15) is 11.5 Å². The van der Waals surface area contributed by atoms with Crippen LogP contribution in [0.2, 0.25) is 0 Å². The van der Waals surface area contributed by atoms with Gasteiger partial charge in [0, 0.05) is 23.2 Å². The van der Waals surface area contributed by atoms with E-state index in [9.17, 15) is 9.59 Å². The number of methoxy groups -OCH3 is 1. The first-order valence-corrected chi connectivity index (χ1v) is 11.1. The molecule has 1 heterocycles. The van der Waals surface area contributed by atoms with Crippen LogP contribution in [-0.4, -0.2) is 38.6 Å². The van der Waals surface area contributed by atoms with Crippen LogP contribution in [0, 0.1) is 6.92 Å². The Balaban J connectivity index is 1.70. The Hall–Kier alpha value is -3.90. The lowest BCUT2D eigenvalue weighted by atomic mass is 10.0. The number of carbonyl (C=O) groups is 1. The highest BCUT2D eigenvalue weighted by atomic mass is 16.5. The zero-order valence-corrected chi connectivity index (χ0v) is 19.8. The van der Waals surface area contributed by atoms with Gasteiger partial charge in [-0.2, -0.15) is 0 Å². The third kappa shape index (κ3) is 4.45. The van der Waals surface area contributed by atoms with Crippen molar-refractivity contribution in [2.24, 2.45) is 0 Å². The third-order valence-electron chi connectivity index (χ3n) is 6.00. The maximum absolute atomic E-state index is 13.3. The molecule has 1 N–H and O–H groups in total. The van der Waals surface area contributed by atoms with Crippen LogP contribution in [0.1, 0.15) is 27.5 Å². The largest absolute Gasteiger partial charge is 0.496 e. The first-order valence-electron chi connectivity index (χ1n) is 11.1. The summed E-state index contributed by atoms with van der Waals surface area (Å²) in [5.74, 6) is 0.923. The molecule has 0 unspecified atom stereocenters. The van der Waals surface area contributed by atoms with Gasteiger partial charge in [-0.1, -0.05) is 54.6 Å². The van der Waals surface area contributed by atoms with Crippen molar-refractivity contribution in [1.82, 2.24) is 10.2 Å². The average molecular weight is 457 g/mol. The Morgan fingerprint density at radius 1 is 1.00 bits per heavy atom. The fourth-order valence-electron chi connectivity index (χ4n) is 4.15. The molecule has 0 aliphatic carbocycles. The zero-order chi connectivity index (χ0) is 24.2. The minimum absolute atomic E-state index is 0.107. The van der Waals surface area contributed by atoms with Crippen molar-refractivity contribution in [3.8, 4) is 17.1 Å². The number of nitrogens with one attached hydrogen (secondary N) is 1. The zero-order valence-electron chi connectivity index (χ0n) is 19.8. The number of amides is 1. The maximum Gasteiger partial charge on any atom is 0.255 e. The van der Waals surface area contributed by atoms with Crippen LogP contribution in [0.15, 0.2) is 82.0 Å². The van der Waals surface area contributed by atoms with Gasteiger partial charge in [0.25, 0.3) is 5.91 Å². The van der Waals surface area contributed by atoms with Gasteiger partial charge in [0.05, 0.1) is 24.1 Å². The molecule has 4 rings (SSSR count). The van der Waals surface area contributed by atoms with Crippen LogP contribution in [-0.2, 0) is 0 Å². The van der Waals surface area contributed by atoms with E-state index in [4.69, 9.17) is 9.15 Å². The van der Waals surface area contributed by atoms with Gasteiger partial charge < -0.3 is 19.4 Å². The molecule has 0 aliphatic rings. The molecule has 0 bridgehead atoms. The van der Waals surface area contributed by atoms with E-state index < -0.39 is 0 Å². The fraction of sp³-hybridized carbons (Fsp3) is 0.214. The predicted molar refractivity (Wildman–Crippen MR) is 134 cm³/mol. The molecule has 0 aliphatic heterocycles. The number of nitrogens with zero attached hydrogens (tertiary/aromatic N) is 1. The van der Waals surface area contributed by atoms with Crippen molar-refractivity contribution in [3.05, 3.63) is 99.7 Å². The third-order valence-corrected chi connectivity index (χ3v) is 6.00. The maximum atomic E-state index is 13.3. The highest BCUT2D eigenvalue weighted by Gasteiger charge is 2.22. The number of benzene rings is 3. The van der Waals surface area contributed by atoms with Gasteiger partial charge in [-0.15, -0.1) is 0 Å². The van der Waals surface area contributed by atoms with Gasteiger partial charge in [-0.05, 0) is 39.2 Å². The molecule has 174 valence electrons. The average Bonchev–Trinajstić information content (AvgIpc) is 2.86. The van der Waals surface area contributed by atoms with E-state index in [1.54, 1.807) is 32.2 Å². The van der Waals surface area contributed by atoms with Crippen molar-refractivity contribution < 1.29 is 13.9 Å².